The number of hydrogen-bond donors (Lipinski definition) is 3. The molecular weight excluding hydrogens is 236 g/mol. The summed E-state index contributed by atoms with van der Waals surface area (Å²) in [7, 11) is 1.61. The molecule has 1 fully saturated rings. The van der Waals surface area contributed by atoms with Crippen LogP contribution in [0.15, 0.2) is 0 Å². The molecule has 0 bridgehead atoms. The van der Waals surface area contributed by atoms with E-state index < -0.39 is 12.0 Å². The van der Waals surface area contributed by atoms with Crippen molar-refractivity contribution < 1.29 is 19.4 Å². The van der Waals surface area contributed by atoms with Crippen molar-refractivity contribution in [1.82, 2.24) is 5.32 Å². The molecule has 0 saturated heterocycles. The molecule has 4 N–H and O–H groups in total. The molecule has 0 aromatic heterocycles. The van der Waals surface area contributed by atoms with Crippen LogP contribution in [0.25, 0.3) is 0 Å². The Kier molecular flexibility index (Phi) is 6.07. The summed E-state index contributed by atoms with van der Waals surface area (Å²) in [5.74, 6) is -1.31. The number of aliphatic carboxylic acids is 1. The summed E-state index contributed by atoms with van der Waals surface area (Å²) < 4.78 is 4.89. The number of carboxylic acids is 1. The van der Waals surface area contributed by atoms with E-state index in [0.29, 0.717) is 32.3 Å². The van der Waals surface area contributed by atoms with Crippen LogP contribution < -0.4 is 11.1 Å². The van der Waals surface area contributed by atoms with Crippen molar-refractivity contribution in [3.63, 3.8) is 0 Å². The molecule has 1 rings (SSSR count). The van der Waals surface area contributed by atoms with E-state index in [1.165, 1.54) is 0 Å². The molecule has 1 amide bonds. The Morgan fingerprint density at radius 1 is 1.50 bits per heavy atom. The molecule has 0 aromatic rings. The van der Waals surface area contributed by atoms with Gasteiger partial charge in [-0.25, -0.2) is 0 Å². The molecule has 0 heterocycles. The fourth-order valence-corrected chi connectivity index (χ4v) is 2.22. The highest BCUT2D eigenvalue weighted by Crippen LogP contribution is 2.25. The standard InChI is InChI=1S/C12H22N2O4/c1-18-6-2-3-10(13)11(15)14-9-5-4-8(7-9)12(16)17/h8-10H,2-7,13H2,1H3,(H,14,15)(H,16,17)/t8-,9+,10?/m1/s1. The Morgan fingerprint density at radius 2 is 2.22 bits per heavy atom. The third-order valence-corrected chi connectivity index (χ3v) is 3.33. The van der Waals surface area contributed by atoms with Crippen LogP contribution in [0, 0.1) is 5.92 Å². The summed E-state index contributed by atoms with van der Waals surface area (Å²) in [6, 6.07) is -0.587. The largest absolute Gasteiger partial charge is 0.481 e. The molecular formula is C12H22N2O4. The molecule has 0 aromatic carbocycles. The van der Waals surface area contributed by atoms with E-state index in [1.54, 1.807) is 7.11 Å². The van der Waals surface area contributed by atoms with Crippen molar-refractivity contribution in [3.05, 3.63) is 0 Å². The number of rotatable bonds is 7. The first-order valence-corrected chi connectivity index (χ1v) is 6.32. The van der Waals surface area contributed by atoms with E-state index in [-0.39, 0.29) is 17.9 Å². The number of methoxy groups -OCH3 is 1. The topological polar surface area (TPSA) is 102 Å². The molecule has 0 spiro atoms. The Morgan fingerprint density at radius 3 is 2.78 bits per heavy atom. The van der Waals surface area contributed by atoms with Crippen molar-refractivity contribution >= 4 is 11.9 Å². The maximum atomic E-state index is 11.7. The summed E-state index contributed by atoms with van der Waals surface area (Å²) in [5, 5.41) is 11.7. The summed E-state index contributed by atoms with van der Waals surface area (Å²) in [6.45, 7) is 0.589. The van der Waals surface area contributed by atoms with E-state index >= 15 is 0 Å². The lowest BCUT2D eigenvalue weighted by Gasteiger charge is -2.16. The van der Waals surface area contributed by atoms with E-state index in [9.17, 15) is 9.59 Å². The van der Waals surface area contributed by atoms with Gasteiger partial charge in [0.2, 0.25) is 5.91 Å². The minimum Gasteiger partial charge on any atom is -0.481 e. The first kappa shape index (κ1) is 14.9. The fraction of sp³-hybridized carbons (Fsp3) is 0.833. The smallest absolute Gasteiger partial charge is 0.306 e. The molecule has 104 valence electrons. The number of carbonyl (C=O) groups is 2. The molecule has 18 heavy (non-hydrogen) atoms. The highest BCUT2D eigenvalue weighted by atomic mass is 16.5. The Labute approximate surface area is 107 Å². The number of nitrogens with one attached hydrogen (secondary N) is 1. The number of ether oxygens (including phenoxy) is 1. The molecule has 3 atom stereocenters. The Bertz CT molecular complexity index is 296. The first-order valence-electron chi connectivity index (χ1n) is 6.32. The lowest BCUT2D eigenvalue weighted by atomic mass is 10.1. The van der Waals surface area contributed by atoms with Gasteiger partial charge in [-0.05, 0) is 32.1 Å². The van der Waals surface area contributed by atoms with Gasteiger partial charge in [-0.1, -0.05) is 0 Å². The zero-order valence-corrected chi connectivity index (χ0v) is 10.7. The van der Waals surface area contributed by atoms with Gasteiger partial charge in [0.15, 0.2) is 0 Å². The summed E-state index contributed by atoms with van der Waals surface area (Å²) in [6.07, 6.45) is 3.17. The molecule has 0 radical (unpaired) electrons. The van der Waals surface area contributed by atoms with Crippen LogP contribution >= 0.6 is 0 Å². The predicted molar refractivity (Wildman–Crippen MR) is 66.0 cm³/mol. The highest BCUT2D eigenvalue weighted by molar-refractivity contribution is 5.82. The normalized spacial score (nSPS) is 24.8. The van der Waals surface area contributed by atoms with Gasteiger partial charge < -0.3 is 20.9 Å². The van der Waals surface area contributed by atoms with Crippen LogP contribution in [0.2, 0.25) is 0 Å². The van der Waals surface area contributed by atoms with Gasteiger partial charge in [0.1, 0.15) is 0 Å². The quantitative estimate of drug-likeness (QED) is 0.563. The van der Waals surface area contributed by atoms with E-state index in [2.05, 4.69) is 5.32 Å². The number of amides is 1. The molecule has 6 heteroatoms. The fourth-order valence-electron chi connectivity index (χ4n) is 2.22. The Hall–Kier alpha value is -1.14. The average Bonchev–Trinajstić information content (AvgIpc) is 2.77. The van der Waals surface area contributed by atoms with Crippen molar-refractivity contribution in [2.75, 3.05) is 13.7 Å². The number of carbonyl (C=O) groups excluding carboxylic acids is 1. The van der Waals surface area contributed by atoms with Crippen LogP contribution in [0.4, 0.5) is 0 Å². The van der Waals surface area contributed by atoms with E-state index in [0.717, 1.165) is 6.42 Å². The van der Waals surface area contributed by atoms with Gasteiger partial charge in [0.25, 0.3) is 0 Å². The maximum absolute atomic E-state index is 11.7. The zero-order chi connectivity index (χ0) is 13.5. The third kappa shape index (κ3) is 4.62. The van der Waals surface area contributed by atoms with Gasteiger partial charge in [0.05, 0.1) is 12.0 Å². The maximum Gasteiger partial charge on any atom is 0.306 e. The van der Waals surface area contributed by atoms with Gasteiger partial charge in [-0.3, -0.25) is 9.59 Å². The summed E-state index contributed by atoms with van der Waals surface area (Å²) >= 11 is 0. The van der Waals surface area contributed by atoms with Crippen molar-refractivity contribution in [1.29, 1.82) is 0 Å². The van der Waals surface area contributed by atoms with Crippen molar-refractivity contribution in [2.24, 2.45) is 11.7 Å². The molecule has 1 saturated carbocycles. The molecule has 6 nitrogen and oxygen atoms in total. The number of nitrogens with two attached hydrogens (primary N) is 1. The summed E-state index contributed by atoms with van der Waals surface area (Å²) in [4.78, 5) is 22.5. The predicted octanol–water partition coefficient (Wildman–Crippen LogP) is 0.110. The van der Waals surface area contributed by atoms with E-state index in [4.69, 9.17) is 15.6 Å². The molecule has 1 unspecified atom stereocenters. The lowest BCUT2D eigenvalue weighted by Crippen LogP contribution is -2.44. The molecule has 0 aliphatic heterocycles. The molecule has 1 aliphatic rings. The van der Waals surface area contributed by atoms with Crippen LogP contribution in [0.3, 0.4) is 0 Å². The van der Waals surface area contributed by atoms with Gasteiger partial charge in [-0.15, -0.1) is 0 Å². The summed E-state index contributed by atoms with van der Waals surface area (Å²) in [5.41, 5.74) is 5.75. The van der Waals surface area contributed by atoms with Gasteiger partial charge >= 0.3 is 5.97 Å². The SMILES string of the molecule is COCCCC(N)C(=O)N[C@H]1CC[C@@H](C(=O)O)C1. The average molecular weight is 258 g/mol. The second-order valence-electron chi connectivity index (χ2n) is 4.80. The van der Waals surface area contributed by atoms with Crippen LogP contribution in [0.1, 0.15) is 32.1 Å². The third-order valence-electron chi connectivity index (χ3n) is 3.33. The second-order valence-corrected chi connectivity index (χ2v) is 4.80. The minimum atomic E-state index is -0.781. The number of hydrogen-bond acceptors (Lipinski definition) is 4. The Balaban J connectivity index is 2.26. The van der Waals surface area contributed by atoms with Crippen LogP contribution in [0.5, 0.6) is 0 Å². The minimum absolute atomic E-state index is 0.0490. The van der Waals surface area contributed by atoms with Crippen LogP contribution in [-0.2, 0) is 14.3 Å². The first-order chi connectivity index (χ1) is 8.54. The van der Waals surface area contributed by atoms with E-state index in [1.807, 2.05) is 0 Å². The van der Waals surface area contributed by atoms with Gasteiger partial charge in [-0.2, -0.15) is 0 Å². The number of carboxylic acid groups (broad SMARTS) is 1. The monoisotopic (exact) mass is 258 g/mol. The highest BCUT2D eigenvalue weighted by Gasteiger charge is 2.31. The molecule has 1 aliphatic carbocycles. The lowest BCUT2D eigenvalue weighted by molar-refractivity contribution is -0.141. The zero-order valence-electron chi connectivity index (χ0n) is 10.7. The van der Waals surface area contributed by atoms with Crippen molar-refractivity contribution in [3.8, 4) is 0 Å². The van der Waals surface area contributed by atoms with Crippen molar-refractivity contribution in [2.45, 2.75) is 44.2 Å². The van der Waals surface area contributed by atoms with Crippen LogP contribution in [-0.4, -0.2) is 42.8 Å². The van der Waals surface area contributed by atoms with Gasteiger partial charge in [0, 0.05) is 19.8 Å². The second kappa shape index (κ2) is 7.33.